The van der Waals surface area contributed by atoms with E-state index in [-0.39, 0.29) is 18.1 Å². The molecule has 0 spiro atoms. The summed E-state index contributed by atoms with van der Waals surface area (Å²) in [6.07, 6.45) is 2.03. The van der Waals surface area contributed by atoms with Crippen molar-refractivity contribution in [3.05, 3.63) is 41.5 Å². The van der Waals surface area contributed by atoms with Gasteiger partial charge in [0.1, 0.15) is 11.1 Å². The third kappa shape index (κ3) is 3.38. The highest BCUT2D eigenvalue weighted by Gasteiger charge is 2.40. The van der Waals surface area contributed by atoms with Crippen LogP contribution in [0.3, 0.4) is 0 Å². The average molecular weight is 388 g/mol. The van der Waals surface area contributed by atoms with E-state index in [0.717, 1.165) is 0 Å². The van der Waals surface area contributed by atoms with Gasteiger partial charge in [-0.3, -0.25) is 9.20 Å². The first-order valence-electron chi connectivity index (χ1n) is 9.17. The van der Waals surface area contributed by atoms with E-state index in [1.54, 1.807) is 29.7 Å². The molecule has 2 N–H and O–H groups in total. The van der Waals surface area contributed by atoms with Gasteiger partial charge in [-0.15, -0.1) is 10.2 Å². The van der Waals surface area contributed by atoms with Crippen molar-refractivity contribution in [2.75, 3.05) is 19.8 Å². The summed E-state index contributed by atoms with van der Waals surface area (Å²) in [5.41, 5.74) is 0.0562. The largest absolute Gasteiger partial charge is 0.490 e. The van der Waals surface area contributed by atoms with Gasteiger partial charge in [0, 0.05) is 19.0 Å². The predicted octanol–water partition coefficient (Wildman–Crippen LogP) is 1.48. The number of carbonyl (C=O) groups excluding carboxylic acids is 1. The third-order valence-corrected chi connectivity index (χ3v) is 4.68. The summed E-state index contributed by atoms with van der Waals surface area (Å²) in [5, 5.41) is 27.8. The minimum Gasteiger partial charge on any atom is -0.490 e. The summed E-state index contributed by atoms with van der Waals surface area (Å²) in [4.78, 5) is 17.6. The van der Waals surface area contributed by atoms with Crippen LogP contribution >= 0.6 is 0 Å². The number of rotatable bonds is 9. The van der Waals surface area contributed by atoms with Gasteiger partial charge in [0.25, 0.3) is 0 Å². The summed E-state index contributed by atoms with van der Waals surface area (Å²) in [6, 6.07) is 3.56. The number of pyridine rings is 1. The Morgan fingerprint density at radius 1 is 1.29 bits per heavy atom. The standard InChI is InChI=1S/C19H24N4O5/c1-4-15-21-22-18(28-15)19(10-24,11-25)9-13(26)16-12(3)20-17-14(27-5-2)7-6-8-23(16)17/h6-8,24-25H,4-5,9-11H2,1-3H3. The molecule has 3 heterocycles. The van der Waals surface area contributed by atoms with Gasteiger partial charge in [0.05, 0.1) is 25.5 Å². The maximum absolute atomic E-state index is 13.2. The second kappa shape index (κ2) is 8.07. The fraction of sp³-hybridized carbons (Fsp3) is 0.474. The number of hydrogen-bond acceptors (Lipinski definition) is 8. The molecule has 0 aliphatic rings. The van der Waals surface area contributed by atoms with Crippen molar-refractivity contribution in [1.29, 1.82) is 0 Å². The van der Waals surface area contributed by atoms with E-state index in [1.165, 1.54) is 0 Å². The lowest BCUT2D eigenvalue weighted by Gasteiger charge is -2.24. The first kappa shape index (κ1) is 20.0. The minimum atomic E-state index is -1.37. The quantitative estimate of drug-likeness (QED) is 0.529. The van der Waals surface area contributed by atoms with E-state index < -0.39 is 18.6 Å². The average Bonchev–Trinajstić information content (AvgIpc) is 3.31. The van der Waals surface area contributed by atoms with Crippen LogP contribution in [0.4, 0.5) is 0 Å². The van der Waals surface area contributed by atoms with Crippen molar-refractivity contribution in [1.82, 2.24) is 19.6 Å². The number of Topliss-reactive ketones (excluding diaryl/α,β-unsaturated/α-hetero) is 1. The molecule has 0 amide bonds. The number of imidazole rings is 1. The number of hydrogen-bond donors (Lipinski definition) is 2. The van der Waals surface area contributed by atoms with E-state index in [1.807, 2.05) is 13.8 Å². The molecule has 0 unspecified atom stereocenters. The van der Waals surface area contributed by atoms with Crippen LogP contribution in [0.1, 0.15) is 48.2 Å². The fourth-order valence-electron chi connectivity index (χ4n) is 3.13. The van der Waals surface area contributed by atoms with E-state index >= 15 is 0 Å². The number of fused-ring (bicyclic) bond motifs is 1. The highest BCUT2D eigenvalue weighted by Crippen LogP contribution is 2.30. The molecule has 3 rings (SSSR count). The number of aliphatic hydroxyl groups is 2. The molecule has 0 atom stereocenters. The fourth-order valence-corrected chi connectivity index (χ4v) is 3.13. The zero-order valence-electron chi connectivity index (χ0n) is 16.2. The lowest BCUT2D eigenvalue weighted by Crippen LogP contribution is -2.38. The summed E-state index contributed by atoms with van der Waals surface area (Å²) in [6.45, 7) is 4.90. The Kier molecular flexibility index (Phi) is 5.76. The smallest absolute Gasteiger partial charge is 0.227 e. The minimum absolute atomic E-state index is 0.0455. The number of carbonyl (C=O) groups is 1. The van der Waals surface area contributed by atoms with E-state index in [9.17, 15) is 15.0 Å². The van der Waals surface area contributed by atoms with Crippen molar-refractivity contribution >= 4 is 11.4 Å². The summed E-state index contributed by atoms with van der Waals surface area (Å²) < 4.78 is 12.8. The maximum Gasteiger partial charge on any atom is 0.227 e. The number of ketones is 1. The van der Waals surface area contributed by atoms with Crippen LogP contribution in [0.15, 0.2) is 22.7 Å². The Morgan fingerprint density at radius 2 is 2.04 bits per heavy atom. The van der Waals surface area contributed by atoms with Crippen molar-refractivity contribution in [2.45, 2.75) is 39.0 Å². The monoisotopic (exact) mass is 388 g/mol. The van der Waals surface area contributed by atoms with Gasteiger partial charge in [-0.05, 0) is 26.0 Å². The summed E-state index contributed by atoms with van der Waals surface area (Å²) in [5.74, 6) is 0.690. The summed E-state index contributed by atoms with van der Waals surface area (Å²) >= 11 is 0. The Bertz CT molecular complexity index is 974. The second-order valence-corrected chi connectivity index (χ2v) is 6.60. The number of ether oxygens (including phenoxy) is 1. The predicted molar refractivity (Wildman–Crippen MR) is 99.6 cm³/mol. The molecule has 0 saturated carbocycles. The first-order valence-corrected chi connectivity index (χ1v) is 9.17. The van der Waals surface area contributed by atoms with Crippen LogP contribution in [0.25, 0.3) is 5.65 Å². The van der Waals surface area contributed by atoms with E-state index in [4.69, 9.17) is 9.15 Å². The Labute approximate surface area is 162 Å². The molecule has 0 radical (unpaired) electrons. The normalized spacial score (nSPS) is 11.9. The van der Waals surface area contributed by atoms with Gasteiger partial charge in [0.2, 0.25) is 11.8 Å². The van der Waals surface area contributed by atoms with Gasteiger partial charge < -0.3 is 19.4 Å². The number of aliphatic hydroxyl groups excluding tert-OH is 2. The SMILES string of the molecule is CCOc1cccn2c(C(=O)CC(CO)(CO)c3nnc(CC)o3)c(C)nc12. The molecule has 3 aromatic rings. The van der Waals surface area contributed by atoms with Crippen LogP contribution in [0.5, 0.6) is 5.75 Å². The number of aryl methyl sites for hydroxylation is 2. The van der Waals surface area contributed by atoms with Crippen LogP contribution < -0.4 is 4.74 Å². The molecule has 0 fully saturated rings. The molecule has 150 valence electrons. The summed E-state index contributed by atoms with van der Waals surface area (Å²) in [7, 11) is 0. The molecule has 3 aromatic heterocycles. The van der Waals surface area contributed by atoms with Crippen LogP contribution in [0, 0.1) is 6.92 Å². The van der Waals surface area contributed by atoms with Crippen LogP contribution in [-0.2, 0) is 11.8 Å². The lowest BCUT2D eigenvalue weighted by atomic mass is 9.83. The van der Waals surface area contributed by atoms with Crippen molar-refractivity contribution in [2.24, 2.45) is 0 Å². The van der Waals surface area contributed by atoms with Gasteiger partial charge in [-0.25, -0.2) is 4.98 Å². The molecule has 0 aliphatic heterocycles. The molecule has 0 aliphatic carbocycles. The van der Waals surface area contributed by atoms with Gasteiger partial charge >= 0.3 is 0 Å². The zero-order valence-corrected chi connectivity index (χ0v) is 16.2. The highest BCUT2D eigenvalue weighted by atomic mass is 16.5. The van der Waals surface area contributed by atoms with E-state index in [2.05, 4.69) is 15.2 Å². The third-order valence-electron chi connectivity index (χ3n) is 4.68. The molecule has 28 heavy (non-hydrogen) atoms. The first-order chi connectivity index (χ1) is 13.5. The Balaban J connectivity index is 2.01. The highest BCUT2D eigenvalue weighted by molar-refractivity contribution is 5.97. The van der Waals surface area contributed by atoms with Crippen LogP contribution in [0.2, 0.25) is 0 Å². The molecule has 9 nitrogen and oxygen atoms in total. The molecule has 0 aromatic carbocycles. The molecule has 0 bridgehead atoms. The van der Waals surface area contributed by atoms with Crippen molar-refractivity contribution in [3.63, 3.8) is 0 Å². The Hall–Kier alpha value is -2.78. The van der Waals surface area contributed by atoms with Crippen molar-refractivity contribution < 1.29 is 24.2 Å². The lowest BCUT2D eigenvalue weighted by molar-refractivity contribution is 0.0688. The van der Waals surface area contributed by atoms with Gasteiger partial charge in [-0.2, -0.15) is 0 Å². The molecule has 9 heteroatoms. The topological polar surface area (TPSA) is 123 Å². The van der Waals surface area contributed by atoms with Gasteiger partial charge in [-0.1, -0.05) is 6.92 Å². The maximum atomic E-state index is 13.2. The van der Waals surface area contributed by atoms with E-state index in [0.29, 0.717) is 41.7 Å². The molecular formula is C19H24N4O5. The Morgan fingerprint density at radius 3 is 2.64 bits per heavy atom. The number of aromatic nitrogens is 4. The van der Waals surface area contributed by atoms with Gasteiger partial charge in [0.15, 0.2) is 17.2 Å². The number of nitrogens with zero attached hydrogens (tertiary/aromatic N) is 4. The molecular weight excluding hydrogens is 364 g/mol. The zero-order chi connectivity index (χ0) is 20.3. The second-order valence-electron chi connectivity index (χ2n) is 6.60. The van der Waals surface area contributed by atoms with Crippen molar-refractivity contribution in [3.8, 4) is 5.75 Å². The molecule has 0 saturated heterocycles. The van der Waals surface area contributed by atoms with Crippen LogP contribution in [-0.4, -0.2) is 55.4 Å².